The molecule has 1 atom stereocenters. The van der Waals surface area contributed by atoms with Crippen molar-refractivity contribution >= 4 is 23.5 Å². The van der Waals surface area contributed by atoms with E-state index in [2.05, 4.69) is 15.4 Å². The zero-order valence-corrected chi connectivity index (χ0v) is 16.7. The molecule has 0 saturated heterocycles. The molecular weight excluding hydrogens is 380 g/mol. The summed E-state index contributed by atoms with van der Waals surface area (Å²) in [4.78, 5) is 36.8. The number of methoxy groups -OCH3 is 1. The van der Waals surface area contributed by atoms with Gasteiger partial charge in [0.05, 0.1) is 18.4 Å². The fourth-order valence-electron chi connectivity index (χ4n) is 2.94. The Morgan fingerprint density at radius 2 is 1.37 bits per heavy atom. The van der Waals surface area contributed by atoms with E-state index in [1.807, 2.05) is 42.5 Å². The maximum Gasteiger partial charge on any atom is 0.328 e. The molecule has 0 heterocycles. The Labute approximate surface area is 174 Å². The molecule has 0 bridgehead atoms. The molecule has 3 aromatic rings. The first-order chi connectivity index (χ1) is 14.5. The van der Waals surface area contributed by atoms with Gasteiger partial charge in [-0.1, -0.05) is 54.6 Å². The smallest absolute Gasteiger partial charge is 0.328 e. The summed E-state index contributed by atoms with van der Waals surface area (Å²) >= 11 is 0. The van der Waals surface area contributed by atoms with E-state index in [0.717, 1.165) is 11.1 Å². The van der Waals surface area contributed by atoms with Crippen molar-refractivity contribution in [3.05, 3.63) is 90.0 Å². The Balaban J connectivity index is 1.74. The van der Waals surface area contributed by atoms with Crippen molar-refractivity contribution in [3.63, 3.8) is 0 Å². The number of nitrogens with one attached hydrogen (secondary N) is 2. The van der Waals surface area contributed by atoms with E-state index in [4.69, 9.17) is 0 Å². The Bertz CT molecular complexity index is 1050. The number of carbonyl (C=O) groups is 3. The second kappa shape index (κ2) is 9.52. The van der Waals surface area contributed by atoms with Gasteiger partial charge < -0.3 is 15.4 Å². The van der Waals surface area contributed by atoms with E-state index >= 15 is 0 Å². The average Bonchev–Trinajstić information content (AvgIpc) is 2.79. The first kappa shape index (κ1) is 20.8. The first-order valence-electron chi connectivity index (χ1n) is 9.44. The van der Waals surface area contributed by atoms with Crippen LogP contribution in [0.4, 0.5) is 5.69 Å². The van der Waals surface area contributed by atoms with Crippen LogP contribution in [0.5, 0.6) is 0 Å². The van der Waals surface area contributed by atoms with Crippen molar-refractivity contribution < 1.29 is 19.1 Å². The minimum atomic E-state index is -0.809. The highest BCUT2D eigenvalue weighted by molar-refractivity contribution is 6.09. The highest BCUT2D eigenvalue weighted by Crippen LogP contribution is 2.21. The number of hydrogen-bond donors (Lipinski definition) is 2. The quantitative estimate of drug-likeness (QED) is 0.613. The maximum absolute atomic E-state index is 12.7. The van der Waals surface area contributed by atoms with Crippen LogP contribution in [0.25, 0.3) is 11.1 Å². The lowest BCUT2D eigenvalue weighted by molar-refractivity contribution is -0.142. The number of hydrogen-bond acceptors (Lipinski definition) is 4. The van der Waals surface area contributed by atoms with Gasteiger partial charge in [0.15, 0.2) is 0 Å². The Kier molecular flexibility index (Phi) is 6.60. The van der Waals surface area contributed by atoms with Crippen LogP contribution in [0, 0.1) is 0 Å². The second-order valence-electron chi connectivity index (χ2n) is 6.66. The standard InChI is InChI=1S/C24H22N2O4/c1-16(24(29)30-2)25-23(28)20-10-6-7-11-21(20)26-22(27)19-14-12-18(13-15-19)17-8-4-3-5-9-17/h3-16H,1-2H3,(H,25,28)(H,26,27). The third-order valence-electron chi connectivity index (χ3n) is 4.58. The topological polar surface area (TPSA) is 84.5 Å². The lowest BCUT2D eigenvalue weighted by Gasteiger charge is -2.14. The summed E-state index contributed by atoms with van der Waals surface area (Å²) in [6, 6.07) is 22.9. The predicted molar refractivity (Wildman–Crippen MR) is 115 cm³/mol. The van der Waals surface area contributed by atoms with Gasteiger partial charge in [0.2, 0.25) is 0 Å². The van der Waals surface area contributed by atoms with Crippen molar-refractivity contribution in [2.24, 2.45) is 0 Å². The summed E-state index contributed by atoms with van der Waals surface area (Å²) in [6.45, 7) is 1.53. The molecule has 2 N–H and O–H groups in total. The molecule has 0 aliphatic heterocycles. The number of carbonyl (C=O) groups excluding carboxylic acids is 3. The number of benzene rings is 3. The Hall–Kier alpha value is -3.93. The molecule has 3 aromatic carbocycles. The minimum absolute atomic E-state index is 0.252. The van der Waals surface area contributed by atoms with Crippen molar-refractivity contribution in [1.82, 2.24) is 5.32 Å². The van der Waals surface area contributed by atoms with E-state index in [1.54, 1.807) is 36.4 Å². The largest absolute Gasteiger partial charge is 0.467 e. The van der Waals surface area contributed by atoms with Crippen LogP contribution in [0.15, 0.2) is 78.9 Å². The number of para-hydroxylation sites is 1. The van der Waals surface area contributed by atoms with Gasteiger partial charge in [-0.2, -0.15) is 0 Å². The van der Waals surface area contributed by atoms with Crippen LogP contribution < -0.4 is 10.6 Å². The van der Waals surface area contributed by atoms with Crippen molar-refractivity contribution in [2.75, 3.05) is 12.4 Å². The third kappa shape index (κ3) is 4.91. The molecule has 3 rings (SSSR count). The number of amides is 2. The molecule has 1 unspecified atom stereocenters. The summed E-state index contributed by atoms with van der Waals surface area (Å²) in [5, 5.41) is 5.33. The zero-order chi connectivity index (χ0) is 21.5. The molecule has 0 aliphatic carbocycles. The lowest BCUT2D eigenvalue weighted by atomic mass is 10.0. The number of ether oxygens (including phenoxy) is 1. The molecule has 30 heavy (non-hydrogen) atoms. The van der Waals surface area contributed by atoms with Crippen LogP contribution in [0.2, 0.25) is 0 Å². The molecule has 6 heteroatoms. The molecule has 0 radical (unpaired) electrons. The van der Waals surface area contributed by atoms with Crippen molar-refractivity contribution in [1.29, 1.82) is 0 Å². The normalized spacial score (nSPS) is 11.3. The number of rotatable bonds is 6. The van der Waals surface area contributed by atoms with Crippen molar-refractivity contribution in [2.45, 2.75) is 13.0 Å². The second-order valence-corrected chi connectivity index (χ2v) is 6.66. The van der Waals surface area contributed by atoms with Crippen molar-refractivity contribution in [3.8, 4) is 11.1 Å². The summed E-state index contributed by atoms with van der Waals surface area (Å²) in [7, 11) is 1.25. The van der Waals surface area contributed by atoms with Crippen LogP contribution >= 0.6 is 0 Å². The van der Waals surface area contributed by atoms with Gasteiger partial charge in [0, 0.05) is 5.56 Å². The van der Waals surface area contributed by atoms with Gasteiger partial charge in [0.25, 0.3) is 11.8 Å². The SMILES string of the molecule is COC(=O)C(C)NC(=O)c1ccccc1NC(=O)c1ccc(-c2ccccc2)cc1. The summed E-state index contributed by atoms with van der Waals surface area (Å²) in [5.74, 6) is -1.37. The lowest BCUT2D eigenvalue weighted by Crippen LogP contribution is -2.39. The van der Waals surface area contributed by atoms with Crippen LogP contribution in [-0.4, -0.2) is 30.9 Å². The van der Waals surface area contributed by atoms with E-state index < -0.39 is 17.9 Å². The molecule has 0 spiro atoms. The highest BCUT2D eigenvalue weighted by Gasteiger charge is 2.19. The average molecular weight is 402 g/mol. The Morgan fingerprint density at radius 3 is 2.03 bits per heavy atom. The summed E-state index contributed by atoms with van der Waals surface area (Å²) < 4.78 is 4.62. The van der Waals surface area contributed by atoms with E-state index in [-0.39, 0.29) is 11.5 Å². The Morgan fingerprint density at radius 1 is 0.767 bits per heavy atom. The monoisotopic (exact) mass is 402 g/mol. The maximum atomic E-state index is 12.7. The van der Waals surface area contributed by atoms with E-state index in [1.165, 1.54) is 14.0 Å². The van der Waals surface area contributed by atoms with Gasteiger partial charge >= 0.3 is 5.97 Å². The van der Waals surface area contributed by atoms with Crippen LogP contribution in [0.3, 0.4) is 0 Å². The van der Waals surface area contributed by atoms with Gasteiger partial charge in [-0.25, -0.2) is 4.79 Å². The van der Waals surface area contributed by atoms with Gasteiger partial charge in [-0.05, 0) is 42.3 Å². The molecule has 0 aromatic heterocycles. The third-order valence-corrected chi connectivity index (χ3v) is 4.58. The molecule has 152 valence electrons. The number of anilines is 1. The van der Waals surface area contributed by atoms with E-state index in [0.29, 0.717) is 11.3 Å². The molecule has 6 nitrogen and oxygen atoms in total. The van der Waals surface area contributed by atoms with E-state index in [9.17, 15) is 14.4 Å². The number of esters is 1. The fraction of sp³-hybridized carbons (Fsp3) is 0.125. The molecule has 0 saturated carbocycles. The fourth-order valence-corrected chi connectivity index (χ4v) is 2.94. The van der Waals surface area contributed by atoms with Gasteiger partial charge in [-0.15, -0.1) is 0 Å². The predicted octanol–water partition coefficient (Wildman–Crippen LogP) is 3.90. The van der Waals surface area contributed by atoms with Gasteiger partial charge in [-0.3, -0.25) is 9.59 Å². The summed E-state index contributed by atoms with van der Waals surface area (Å²) in [6.07, 6.45) is 0. The van der Waals surface area contributed by atoms with Gasteiger partial charge in [0.1, 0.15) is 6.04 Å². The van der Waals surface area contributed by atoms with Crippen LogP contribution in [-0.2, 0) is 9.53 Å². The molecule has 2 amide bonds. The highest BCUT2D eigenvalue weighted by atomic mass is 16.5. The molecular formula is C24H22N2O4. The summed E-state index contributed by atoms with van der Waals surface area (Å²) in [5.41, 5.74) is 3.13. The zero-order valence-electron chi connectivity index (χ0n) is 16.7. The van der Waals surface area contributed by atoms with Crippen LogP contribution in [0.1, 0.15) is 27.6 Å². The first-order valence-corrected chi connectivity index (χ1v) is 9.44. The molecule has 0 fully saturated rings. The molecule has 0 aliphatic rings. The minimum Gasteiger partial charge on any atom is -0.467 e.